The van der Waals surface area contributed by atoms with E-state index in [1.165, 1.54) is 0 Å². The smallest absolute Gasteiger partial charge is 0.291 e. The molecule has 1 atom stereocenters. The van der Waals surface area contributed by atoms with Crippen LogP contribution in [-0.4, -0.2) is 4.98 Å². The van der Waals surface area contributed by atoms with Crippen molar-refractivity contribution in [3.05, 3.63) is 78.4 Å². The molecule has 1 aromatic heterocycles. The largest absolute Gasteiger partial charge is 0.872 e. The molecule has 0 spiro atoms. The van der Waals surface area contributed by atoms with Crippen LogP contribution in [0.5, 0.6) is 5.75 Å². The van der Waals surface area contributed by atoms with Gasteiger partial charge in [-0.1, -0.05) is 54.3 Å². The van der Waals surface area contributed by atoms with E-state index in [0.29, 0.717) is 0 Å². The van der Waals surface area contributed by atoms with E-state index in [9.17, 15) is 5.11 Å². The second kappa shape index (κ2) is 4.86. The second-order valence-electron chi connectivity index (χ2n) is 5.99. The van der Waals surface area contributed by atoms with Crippen molar-refractivity contribution in [3.8, 4) is 17.1 Å². The summed E-state index contributed by atoms with van der Waals surface area (Å²) < 4.78 is 2.17. The number of H-pyrrole nitrogens is 1. The van der Waals surface area contributed by atoms with Gasteiger partial charge >= 0.3 is 0 Å². The molecule has 0 fully saturated rings. The van der Waals surface area contributed by atoms with E-state index in [2.05, 4.69) is 33.1 Å². The third kappa shape index (κ3) is 1.77. The molecule has 3 aromatic carbocycles. The lowest BCUT2D eigenvalue weighted by Gasteiger charge is -2.27. The summed E-state index contributed by atoms with van der Waals surface area (Å²) >= 11 is 0. The van der Waals surface area contributed by atoms with Gasteiger partial charge in [-0.3, -0.25) is 0 Å². The molecule has 5 rings (SSSR count). The van der Waals surface area contributed by atoms with Gasteiger partial charge in [-0.05, 0) is 24.3 Å². The fourth-order valence-electron chi connectivity index (χ4n) is 3.51. The van der Waals surface area contributed by atoms with Crippen LogP contribution in [0.2, 0.25) is 0 Å². The van der Waals surface area contributed by atoms with Crippen LogP contribution in [0.3, 0.4) is 0 Å². The Morgan fingerprint density at radius 3 is 2.50 bits per heavy atom. The highest BCUT2D eigenvalue weighted by molar-refractivity contribution is 5.80. The Bertz CT molecular complexity index is 1070. The molecule has 2 N–H and O–H groups in total. The van der Waals surface area contributed by atoms with Crippen LogP contribution < -0.4 is 15.0 Å². The average molecular weight is 313 g/mol. The van der Waals surface area contributed by atoms with Gasteiger partial charge in [-0.15, -0.1) is 0 Å². The third-order valence-electron chi connectivity index (χ3n) is 4.60. The number of aromatic amines is 1. The van der Waals surface area contributed by atoms with Crippen molar-refractivity contribution in [2.24, 2.45) is 0 Å². The molecular weight excluding hydrogens is 298 g/mol. The lowest BCUT2D eigenvalue weighted by atomic mass is 10.0. The van der Waals surface area contributed by atoms with Crippen molar-refractivity contribution in [1.82, 2.24) is 4.98 Å². The summed E-state index contributed by atoms with van der Waals surface area (Å²) in [5, 5.41) is 16.0. The summed E-state index contributed by atoms with van der Waals surface area (Å²) in [5.74, 6) is 1.05. The lowest BCUT2D eigenvalue weighted by Crippen LogP contribution is -2.48. The van der Waals surface area contributed by atoms with Crippen LogP contribution in [0.1, 0.15) is 11.7 Å². The van der Waals surface area contributed by atoms with Crippen molar-refractivity contribution < 1.29 is 9.67 Å². The van der Waals surface area contributed by atoms with E-state index in [-0.39, 0.29) is 11.9 Å². The topological polar surface area (TPSA) is 54.8 Å². The van der Waals surface area contributed by atoms with Gasteiger partial charge in [0.1, 0.15) is 0 Å². The maximum Gasteiger partial charge on any atom is 0.291 e. The number of anilines is 1. The van der Waals surface area contributed by atoms with E-state index < -0.39 is 0 Å². The SMILES string of the molecule is [O-]c1ccccc1C1Nc2ccccc2-c2[nH]c3ccccc3[n+]21. The summed E-state index contributed by atoms with van der Waals surface area (Å²) in [6.07, 6.45) is -0.236. The number of hydrogen-bond donors (Lipinski definition) is 2. The molecule has 116 valence electrons. The predicted octanol–water partition coefficient (Wildman–Crippen LogP) is 3.17. The van der Waals surface area contributed by atoms with Gasteiger partial charge in [-0.2, -0.15) is 4.57 Å². The minimum atomic E-state index is -0.236. The van der Waals surface area contributed by atoms with E-state index in [0.717, 1.165) is 33.7 Å². The number of nitrogens with one attached hydrogen (secondary N) is 2. The zero-order chi connectivity index (χ0) is 16.1. The van der Waals surface area contributed by atoms with Gasteiger partial charge in [0.2, 0.25) is 0 Å². The summed E-state index contributed by atoms with van der Waals surface area (Å²) in [7, 11) is 0. The molecule has 2 heterocycles. The number of aromatic nitrogens is 2. The molecular formula is C20H15N3O. The van der Waals surface area contributed by atoms with Crippen LogP contribution in [0.15, 0.2) is 72.8 Å². The predicted molar refractivity (Wildman–Crippen MR) is 91.6 cm³/mol. The fraction of sp³-hybridized carbons (Fsp3) is 0.0500. The first-order valence-corrected chi connectivity index (χ1v) is 7.97. The van der Waals surface area contributed by atoms with E-state index in [1.54, 1.807) is 12.1 Å². The van der Waals surface area contributed by atoms with E-state index in [1.807, 2.05) is 42.5 Å². The van der Waals surface area contributed by atoms with Crippen molar-refractivity contribution >= 4 is 16.7 Å². The number of nitrogens with zero attached hydrogens (tertiary/aromatic N) is 1. The van der Waals surface area contributed by atoms with Gasteiger partial charge in [0, 0.05) is 5.56 Å². The summed E-state index contributed by atoms with van der Waals surface area (Å²) in [6, 6.07) is 23.5. The Morgan fingerprint density at radius 2 is 1.58 bits per heavy atom. The molecule has 4 heteroatoms. The zero-order valence-corrected chi connectivity index (χ0v) is 12.9. The number of imidazole rings is 1. The lowest BCUT2D eigenvalue weighted by molar-refractivity contribution is -0.673. The quantitative estimate of drug-likeness (QED) is 0.530. The van der Waals surface area contributed by atoms with Crippen LogP contribution >= 0.6 is 0 Å². The molecule has 0 amide bonds. The summed E-state index contributed by atoms with van der Waals surface area (Å²) in [6.45, 7) is 0. The number of hydrogen-bond acceptors (Lipinski definition) is 2. The van der Waals surface area contributed by atoms with Gasteiger partial charge in [0.25, 0.3) is 5.82 Å². The monoisotopic (exact) mass is 313 g/mol. The molecule has 4 aromatic rings. The Hall–Kier alpha value is -3.27. The van der Waals surface area contributed by atoms with Crippen LogP contribution in [0, 0.1) is 0 Å². The first-order valence-electron chi connectivity index (χ1n) is 7.97. The zero-order valence-electron chi connectivity index (χ0n) is 12.9. The molecule has 0 saturated heterocycles. The molecule has 1 unspecified atom stereocenters. The third-order valence-corrected chi connectivity index (χ3v) is 4.60. The summed E-state index contributed by atoms with van der Waals surface area (Å²) in [4.78, 5) is 3.51. The Kier molecular flexibility index (Phi) is 2.67. The van der Waals surface area contributed by atoms with Crippen molar-refractivity contribution in [1.29, 1.82) is 0 Å². The molecule has 0 radical (unpaired) electrons. The minimum Gasteiger partial charge on any atom is -0.872 e. The molecule has 0 aliphatic carbocycles. The summed E-state index contributed by atoms with van der Waals surface area (Å²) in [5.41, 5.74) is 5.00. The average Bonchev–Trinajstić information content (AvgIpc) is 3.01. The Balaban J connectivity index is 1.86. The van der Waals surface area contributed by atoms with E-state index >= 15 is 0 Å². The van der Waals surface area contributed by atoms with Gasteiger partial charge in [0.05, 0.1) is 11.3 Å². The normalized spacial score (nSPS) is 15.6. The molecule has 4 nitrogen and oxygen atoms in total. The number of benzene rings is 3. The van der Waals surface area contributed by atoms with Gasteiger partial charge < -0.3 is 10.4 Å². The first-order chi connectivity index (χ1) is 11.8. The minimum absolute atomic E-state index is 0.0399. The van der Waals surface area contributed by atoms with Gasteiger partial charge in [0.15, 0.2) is 17.2 Å². The molecule has 1 aliphatic heterocycles. The molecule has 0 bridgehead atoms. The van der Waals surface area contributed by atoms with Crippen molar-refractivity contribution in [3.63, 3.8) is 0 Å². The standard InChI is InChI=1S/C20H15N3O/c24-18-12-6-2-8-14(18)20-21-15-9-3-1-7-13(15)19-22-16-10-4-5-11-17(16)23(19)20/h1-12,20H,(H2,21,22,24). The van der Waals surface area contributed by atoms with Crippen molar-refractivity contribution in [2.45, 2.75) is 6.17 Å². The highest BCUT2D eigenvalue weighted by Gasteiger charge is 2.34. The van der Waals surface area contributed by atoms with Gasteiger partial charge in [-0.25, -0.2) is 4.98 Å². The Morgan fingerprint density at radius 1 is 0.833 bits per heavy atom. The van der Waals surface area contributed by atoms with E-state index in [4.69, 9.17) is 0 Å². The molecule has 0 saturated carbocycles. The first kappa shape index (κ1) is 13.2. The molecule has 1 aliphatic rings. The fourth-order valence-corrected chi connectivity index (χ4v) is 3.51. The van der Waals surface area contributed by atoms with Crippen LogP contribution in [0.25, 0.3) is 22.4 Å². The maximum atomic E-state index is 12.4. The van der Waals surface area contributed by atoms with Crippen molar-refractivity contribution in [2.75, 3.05) is 5.32 Å². The number of fused-ring (bicyclic) bond motifs is 5. The Labute approximate surface area is 139 Å². The van der Waals surface area contributed by atoms with Crippen LogP contribution in [-0.2, 0) is 0 Å². The highest BCUT2D eigenvalue weighted by atomic mass is 16.3. The maximum absolute atomic E-state index is 12.4. The number of para-hydroxylation sites is 4. The van der Waals surface area contributed by atoms with Crippen LogP contribution in [0.4, 0.5) is 5.69 Å². The second-order valence-corrected chi connectivity index (χ2v) is 5.99. The molecule has 24 heavy (non-hydrogen) atoms. The number of rotatable bonds is 1. The highest BCUT2D eigenvalue weighted by Crippen LogP contribution is 2.36.